The average Bonchev–Trinajstić information content (AvgIpc) is 2.27. The minimum atomic E-state index is -0.883. The van der Waals surface area contributed by atoms with Gasteiger partial charge in [-0.2, -0.15) is 0 Å². The van der Waals surface area contributed by atoms with Crippen LogP contribution in [0.25, 0.3) is 0 Å². The molecule has 1 aliphatic carbocycles. The molecule has 100 valence electrons. The third-order valence-corrected chi connectivity index (χ3v) is 3.94. The van der Waals surface area contributed by atoms with Crippen LogP contribution in [0, 0.1) is 17.6 Å². The molecule has 1 unspecified atom stereocenters. The molecule has 1 N–H and O–H groups in total. The number of nitrogens with one attached hydrogen (secondary N) is 1. The fourth-order valence-electron chi connectivity index (χ4n) is 2.38. The highest BCUT2D eigenvalue weighted by molar-refractivity contribution is 6.31. The highest BCUT2D eigenvalue weighted by Gasteiger charge is 2.30. The Hall–Kier alpha value is -0.670. The van der Waals surface area contributed by atoms with Gasteiger partial charge < -0.3 is 5.32 Å². The van der Waals surface area contributed by atoms with Crippen molar-refractivity contribution in [2.75, 3.05) is 6.54 Å². The molecule has 1 aromatic carbocycles. The van der Waals surface area contributed by atoms with Crippen molar-refractivity contribution in [3.63, 3.8) is 0 Å². The molecule has 1 saturated carbocycles. The van der Waals surface area contributed by atoms with E-state index in [9.17, 15) is 8.78 Å². The summed E-state index contributed by atoms with van der Waals surface area (Å²) in [5, 5.41) is 3.72. The molecule has 0 aromatic heterocycles. The summed E-state index contributed by atoms with van der Waals surface area (Å²) in [5.74, 6) is -1.22. The first-order valence-electron chi connectivity index (χ1n) is 6.51. The van der Waals surface area contributed by atoms with Gasteiger partial charge in [0.2, 0.25) is 0 Å². The van der Waals surface area contributed by atoms with Crippen molar-refractivity contribution in [1.29, 1.82) is 0 Å². The van der Waals surface area contributed by atoms with E-state index in [2.05, 4.69) is 12.2 Å². The Bertz CT molecular complexity index is 419. The average molecular weight is 274 g/mol. The summed E-state index contributed by atoms with van der Waals surface area (Å²) in [4.78, 5) is 0. The van der Waals surface area contributed by atoms with E-state index in [1.54, 1.807) is 0 Å². The lowest BCUT2D eigenvalue weighted by Gasteiger charge is -2.35. The molecule has 0 aliphatic heterocycles. The number of hydrogen-bond acceptors (Lipinski definition) is 1. The number of hydrogen-bond donors (Lipinski definition) is 1. The van der Waals surface area contributed by atoms with Gasteiger partial charge in [0.15, 0.2) is 11.6 Å². The van der Waals surface area contributed by atoms with Crippen LogP contribution in [0.15, 0.2) is 12.1 Å². The predicted octanol–water partition coefficient (Wildman–Crippen LogP) is 4.46. The lowest BCUT2D eigenvalue weighted by molar-refractivity contribution is 0.230. The molecule has 4 heteroatoms. The summed E-state index contributed by atoms with van der Waals surface area (Å²) in [6, 6.07) is 2.36. The van der Waals surface area contributed by atoms with Gasteiger partial charge in [0.1, 0.15) is 0 Å². The van der Waals surface area contributed by atoms with Crippen molar-refractivity contribution < 1.29 is 8.78 Å². The molecule has 0 heterocycles. The molecule has 2 rings (SSSR count). The van der Waals surface area contributed by atoms with Crippen LogP contribution in [0.2, 0.25) is 5.02 Å². The van der Waals surface area contributed by atoms with Gasteiger partial charge in [-0.3, -0.25) is 0 Å². The number of benzene rings is 1. The predicted molar refractivity (Wildman–Crippen MR) is 69.7 cm³/mol. The zero-order chi connectivity index (χ0) is 13.1. The van der Waals surface area contributed by atoms with Crippen molar-refractivity contribution in [1.82, 2.24) is 5.32 Å². The quantitative estimate of drug-likeness (QED) is 0.781. The Labute approximate surface area is 112 Å². The zero-order valence-electron chi connectivity index (χ0n) is 10.5. The molecule has 0 amide bonds. The minimum Gasteiger partial charge on any atom is -0.310 e. The molecule has 1 aliphatic rings. The summed E-state index contributed by atoms with van der Waals surface area (Å²) in [6.07, 6.45) is 4.45. The first-order chi connectivity index (χ1) is 8.63. The fraction of sp³-hybridized carbons (Fsp3) is 0.571. The number of rotatable bonds is 5. The summed E-state index contributed by atoms with van der Waals surface area (Å²) in [5.41, 5.74) is 0.689. The maximum Gasteiger partial charge on any atom is 0.160 e. The van der Waals surface area contributed by atoms with Crippen molar-refractivity contribution >= 4 is 11.6 Å². The van der Waals surface area contributed by atoms with Crippen LogP contribution in [-0.4, -0.2) is 6.54 Å². The monoisotopic (exact) mass is 273 g/mol. The summed E-state index contributed by atoms with van der Waals surface area (Å²) < 4.78 is 26.5. The second kappa shape index (κ2) is 5.98. The first-order valence-corrected chi connectivity index (χ1v) is 6.89. The van der Waals surface area contributed by atoms with Crippen molar-refractivity contribution in [3.8, 4) is 0 Å². The van der Waals surface area contributed by atoms with Crippen LogP contribution >= 0.6 is 11.6 Å². The first kappa shape index (κ1) is 13.8. The van der Waals surface area contributed by atoms with Gasteiger partial charge in [-0.1, -0.05) is 24.9 Å². The maximum absolute atomic E-state index is 13.4. The van der Waals surface area contributed by atoms with Gasteiger partial charge in [-0.05, 0) is 49.4 Å². The number of halogens is 3. The molecule has 18 heavy (non-hydrogen) atoms. The Morgan fingerprint density at radius 2 is 2.00 bits per heavy atom. The van der Waals surface area contributed by atoms with E-state index >= 15 is 0 Å². The SMILES string of the molecule is CCCNC(c1cc(F)c(F)cc1Cl)C1CCC1. The second-order valence-electron chi connectivity index (χ2n) is 4.91. The topological polar surface area (TPSA) is 12.0 Å². The molecular weight excluding hydrogens is 256 g/mol. The normalized spacial score (nSPS) is 17.6. The van der Waals surface area contributed by atoms with E-state index in [0.29, 0.717) is 16.5 Å². The van der Waals surface area contributed by atoms with E-state index in [1.165, 1.54) is 12.5 Å². The zero-order valence-corrected chi connectivity index (χ0v) is 11.2. The Morgan fingerprint density at radius 3 is 2.56 bits per heavy atom. The van der Waals surface area contributed by atoms with Crippen LogP contribution in [0.4, 0.5) is 8.78 Å². The summed E-state index contributed by atoms with van der Waals surface area (Å²) in [7, 11) is 0. The molecule has 1 nitrogen and oxygen atoms in total. The molecule has 0 saturated heterocycles. The van der Waals surface area contributed by atoms with Gasteiger partial charge in [-0.15, -0.1) is 0 Å². The third-order valence-electron chi connectivity index (χ3n) is 3.61. The molecular formula is C14H18ClF2N. The minimum absolute atomic E-state index is 0.0429. The summed E-state index contributed by atoms with van der Waals surface area (Å²) >= 11 is 6.05. The van der Waals surface area contributed by atoms with E-state index in [1.807, 2.05) is 0 Å². The van der Waals surface area contributed by atoms with E-state index in [-0.39, 0.29) is 6.04 Å². The van der Waals surface area contributed by atoms with Gasteiger partial charge in [0.25, 0.3) is 0 Å². The van der Waals surface area contributed by atoms with Crippen LogP contribution < -0.4 is 5.32 Å². The smallest absolute Gasteiger partial charge is 0.160 e. The van der Waals surface area contributed by atoms with Gasteiger partial charge in [0, 0.05) is 11.1 Å². The highest BCUT2D eigenvalue weighted by Crippen LogP contribution is 2.40. The lowest BCUT2D eigenvalue weighted by Crippen LogP contribution is -2.33. The molecule has 1 fully saturated rings. The Balaban J connectivity index is 2.25. The van der Waals surface area contributed by atoms with Crippen molar-refractivity contribution in [2.24, 2.45) is 5.92 Å². The van der Waals surface area contributed by atoms with Crippen LogP contribution in [-0.2, 0) is 0 Å². The molecule has 0 bridgehead atoms. The van der Waals surface area contributed by atoms with Crippen molar-refractivity contribution in [2.45, 2.75) is 38.6 Å². The lowest BCUT2D eigenvalue weighted by atomic mass is 9.77. The molecule has 0 spiro atoms. The van der Waals surface area contributed by atoms with E-state index < -0.39 is 11.6 Å². The van der Waals surface area contributed by atoms with Crippen molar-refractivity contribution in [3.05, 3.63) is 34.4 Å². The largest absolute Gasteiger partial charge is 0.310 e. The van der Waals surface area contributed by atoms with Crippen LogP contribution in [0.3, 0.4) is 0 Å². The van der Waals surface area contributed by atoms with Crippen LogP contribution in [0.1, 0.15) is 44.2 Å². The summed E-state index contributed by atoms with van der Waals surface area (Å²) in [6.45, 7) is 2.94. The third kappa shape index (κ3) is 2.83. The maximum atomic E-state index is 13.4. The molecule has 1 aromatic rings. The van der Waals surface area contributed by atoms with E-state index in [4.69, 9.17) is 11.6 Å². The van der Waals surface area contributed by atoms with Gasteiger partial charge in [0.05, 0.1) is 0 Å². The molecule has 0 radical (unpaired) electrons. The van der Waals surface area contributed by atoms with Gasteiger partial charge in [-0.25, -0.2) is 8.78 Å². The second-order valence-corrected chi connectivity index (χ2v) is 5.32. The fourth-order valence-corrected chi connectivity index (χ4v) is 2.65. The standard InChI is InChI=1S/C14H18ClF2N/c1-2-6-18-14(9-4-3-5-9)10-7-12(16)13(17)8-11(10)15/h7-9,14,18H,2-6H2,1H3. The highest BCUT2D eigenvalue weighted by atomic mass is 35.5. The Kier molecular flexibility index (Phi) is 4.57. The van der Waals surface area contributed by atoms with Crippen LogP contribution in [0.5, 0.6) is 0 Å². The van der Waals surface area contributed by atoms with E-state index in [0.717, 1.165) is 31.9 Å². The Morgan fingerprint density at radius 1 is 1.33 bits per heavy atom. The molecule has 1 atom stereocenters. The van der Waals surface area contributed by atoms with Gasteiger partial charge >= 0.3 is 0 Å².